The van der Waals surface area contributed by atoms with Crippen molar-refractivity contribution in [2.45, 2.75) is 26.8 Å². The van der Waals surface area contributed by atoms with Crippen molar-refractivity contribution in [3.8, 4) is 0 Å². The second-order valence-corrected chi connectivity index (χ2v) is 4.36. The van der Waals surface area contributed by atoms with Crippen LogP contribution in [0, 0.1) is 5.92 Å². The van der Waals surface area contributed by atoms with Crippen molar-refractivity contribution in [3.63, 3.8) is 0 Å². The van der Waals surface area contributed by atoms with Gasteiger partial charge in [0.15, 0.2) is 0 Å². The predicted octanol–water partition coefficient (Wildman–Crippen LogP) is 1.35. The van der Waals surface area contributed by atoms with Crippen molar-refractivity contribution in [2.24, 2.45) is 5.92 Å². The van der Waals surface area contributed by atoms with E-state index in [9.17, 15) is 0 Å². The molecule has 2 atom stereocenters. The molecule has 0 amide bonds. The van der Waals surface area contributed by atoms with Crippen molar-refractivity contribution in [3.05, 3.63) is 0 Å². The molecule has 0 radical (unpaired) electrons. The summed E-state index contributed by atoms with van der Waals surface area (Å²) in [4.78, 5) is 0. The fourth-order valence-corrected chi connectivity index (χ4v) is 2.02. The Morgan fingerprint density at radius 3 is 2.50 bits per heavy atom. The van der Waals surface area contributed by atoms with Crippen LogP contribution in [-0.2, 0) is 0 Å². The quantitative estimate of drug-likeness (QED) is 0.637. The van der Waals surface area contributed by atoms with Gasteiger partial charge in [-0.25, -0.2) is 0 Å². The molecule has 0 heterocycles. The van der Waals surface area contributed by atoms with E-state index in [0.29, 0.717) is 18.6 Å². The van der Waals surface area contributed by atoms with Crippen LogP contribution in [0.5, 0.6) is 0 Å². The molecule has 2 unspecified atom stereocenters. The summed E-state index contributed by atoms with van der Waals surface area (Å²) < 4.78 is 0. The molecule has 0 fully saturated rings. The van der Waals surface area contributed by atoms with E-state index in [1.807, 2.05) is 11.8 Å². The molecular weight excluding hydrogens is 170 g/mol. The van der Waals surface area contributed by atoms with Crippen molar-refractivity contribution in [2.75, 3.05) is 24.7 Å². The lowest BCUT2D eigenvalue weighted by Gasteiger charge is -2.13. The Hall–Kier alpha value is 0.270. The molecule has 0 aliphatic rings. The van der Waals surface area contributed by atoms with E-state index in [1.54, 1.807) is 0 Å². The zero-order chi connectivity index (χ0) is 9.40. The van der Waals surface area contributed by atoms with Gasteiger partial charge >= 0.3 is 0 Å². The van der Waals surface area contributed by atoms with Crippen LogP contribution in [0.3, 0.4) is 0 Å². The van der Waals surface area contributed by atoms with Crippen LogP contribution < -0.4 is 5.32 Å². The molecule has 0 saturated heterocycles. The average Bonchev–Trinajstić information content (AvgIpc) is 2.04. The summed E-state index contributed by atoms with van der Waals surface area (Å²) in [6.07, 6.45) is 0. The van der Waals surface area contributed by atoms with Gasteiger partial charge in [0, 0.05) is 18.4 Å². The summed E-state index contributed by atoms with van der Waals surface area (Å²) in [7, 11) is 0. The van der Waals surface area contributed by atoms with Crippen LogP contribution in [0.1, 0.15) is 20.8 Å². The smallest absolute Gasteiger partial charge is 0.0464 e. The van der Waals surface area contributed by atoms with E-state index < -0.39 is 0 Å². The van der Waals surface area contributed by atoms with Gasteiger partial charge in [0.05, 0.1) is 0 Å². The molecule has 3 heteroatoms. The Labute approximate surface area is 80.1 Å². The van der Waals surface area contributed by atoms with Gasteiger partial charge in [-0.1, -0.05) is 13.8 Å². The third-order valence-electron chi connectivity index (χ3n) is 1.63. The number of thioether (sulfide) groups is 1. The topological polar surface area (TPSA) is 32.3 Å². The molecule has 0 aromatic carbocycles. The molecule has 0 bridgehead atoms. The maximum Gasteiger partial charge on any atom is 0.0464 e. The first-order chi connectivity index (χ1) is 5.70. The van der Waals surface area contributed by atoms with E-state index in [0.717, 1.165) is 18.1 Å². The second kappa shape index (κ2) is 7.90. The lowest BCUT2D eigenvalue weighted by molar-refractivity contribution is 0.250. The SMILES string of the molecule is CCNC(C)CSCC(C)CO. The molecule has 2 N–H and O–H groups in total. The van der Waals surface area contributed by atoms with Crippen LogP contribution in [0.4, 0.5) is 0 Å². The van der Waals surface area contributed by atoms with Crippen LogP contribution in [0.2, 0.25) is 0 Å². The largest absolute Gasteiger partial charge is 0.396 e. The molecule has 0 aliphatic carbocycles. The number of nitrogens with one attached hydrogen (secondary N) is 1. The van der Waals surface area contributed by atoms with Crippen molar-refractivity contribution in [1.82, 2.24) is 5.32 Å². The number of aliphatic hydroxyl groups excluding tert-OH is 1. The first-order valence-electron chi connectivity index (χ1n) is 4.62. The fourth-order valence-electron chi connectivity index (χ4n) is 0.906. The highest BCUT2D eigenvalue weighted by Gasteiger charge is 2.02. The van der Waals surface area contributed by atoms with Gasteiger partial charge < -0.3 is 10.4 Å². The minimum atomic E-state index is 0.308. The first kappa shape index (κ1) is 12.3. The molecule has 0 saturated carbocycles. The molecule has 0 rings (SSSR count). The number of hydrogen-bond acceptors (Lipinski definition) is 3. The van der Waals surface area contributed by atoms with Crippen LogP contribution in [0.25, 0.3) is 0 Å². The third kappa shape index (κ3) is 6.95. The summed E-state index contributed by atoms with van der Waals surface area (Å²) in [6, 6.07) is 0.589. The van der Waals surface area contributed by atoms with Gasteiger partial charge in [-0.05, 0) is 25.1 Å². The van der Waals surface area contributed by atoms with E-state index in [4.69, 9.17) is 5.11 Å². The van der Waals surface area contributed by atoms with E-state index >= 15 is 0 Å². The molecule has 0 aromatic rings. The van der Waals surface area contributed by atoms with E-state index in [2.05, 4.69) is 26.1 Å². The highest BCUT2D eigenvalue weighted by molar-refractivity contribution is 7.99. The molecule has 74 valence electrons. The second-order valence-electron chi connectivity index (χ2n) is 3.28. The summed E-state index contributed by atoms with van der Waals surface area (Å²) >= 11 is 1.91. The summed E-state index contributed by atoms with van der Waals surface area (Å²) in [5, 5.41) is 12.1. The summed E-state index contributed by atoms with van der Waals surface area (Å²) in [5.41, 5.74) is 0. The highest BCUT2D eigenvalue weighted by atomic mass is 32.2. The summed E-state index contributed by atoms with van der Waals surface area (Å²) in [6.45, 7) is 7.74. The zero-order valence-electron chi connectivity index (χ0n) is 8.34. The molecule has 0 spiro atoms. The third-order valence-corrected chi connectivity index (χ3v) is 3.17. The number of aliphatic hydroxyl groups is 1. The molecule has 0 aromatic heterocycles. The number of rotatable bonds is 7. The van der Waals surface area contributed by atoms with E-state index in [1.165, 1.54) is 0 Å². The first-order valence-corrected chi connectivity index (χ1v) is 5.78. The number of hydrogen-bond donors (Lipinski definition) is 2. The lowest BCUT2D eigenvalue weighted by atomic mass is 10.2. The lowest BCUT2D eigenvalue weighted by Crippen LogP contribution is -2.28. The zero-order valence-corrected chi connectivity index (χ0v) is 9.16. The minimum Gasteiger partial charge on any atom is -0.396 e. The van der Waals surface area contributed by atoms with Crippen molar-refractivity contribution >= 4 is 11.8 Å². The molecule has 12 heavy (non-hydrogen) atoms. The van der Waals surface area contributed by atoms with Gasteiger partial charge in [-0.15, -0.1) is 0 Å². The van der Waals surface area contributed by atoms with Crippen LogP contribution in [0.15, 0.2) is 0 Å². The maximum absolute atomic E-state index is 8.77. The predicted molar refractivity (Wildman–Crippen MR) is 56.7 cm³/mol. The van der Waals surface area contributed by atoms with E-state index in [-0.39, 0.29) is 0 Å². The maximum atomic E-state index is 8.77. The monoisotopic (exact) mass is 191 g/mol. The minimum absolute atomic E-state index is 0.308. The average molecular weight is 191 g/mol. The summed E-state index contributed by atoms with van der Waals surface area (Å²) in [5.74, 6) is 2.63. The standard InChI is InChI=1S/C9H21NOS/c1-4-10-9(3)7-12-6-8(2)5-11/h8-11H,4-7H2,1-3H3. The van der Waals surface area contributed by atoms with Crippen molar-refractivity contribution < 1.29 is 5.11 Å². The Balaban J connectivity index is 3.18. The van der Waals surface area contributed by atoms with Gasteiger partial charge in [-0.3, -0.25) is 0 Å². The molecular formula is C9H21NOS. The Morgan fingerprint density at radius 2 is 2.00 bits per heavy atom. The van der Waals surface area contributed by atoms with Gasteiger partial charge in [0.1, 0.15) is 0 Å². The van der Waals surface area contributed by atoms with Gasteiger partial charge in [0.25, 0.3) is 0 Å². The normalized spacial score (nSPS) is 16.0. The Morgan fingerprint density at radius 1 is 1.33 bits per heavy atom. The van der Waals surface area contributed by atoms with Crippen LogP contribution >= 0.6 is 11.8 Å². The molecule has 2 nitrogen and oxygen atoms in total. The van der Waals surface area contributed by atoms with Crippen LogP contribution in [-0.4, -0.2) is 35.8 Å². The Bertz CT molecular complexity index is 101. The molecule has 0 aliphatic heterocycles. The van der Waals surface area contributed by atoms with Gasteiger partial charge in [0.2, 0.25) is 0 Å². The van der Waals surface area contributed by atoms with Crippen molar-refractivity contribution in [1.29, 1.82) is 0 Å². The highest BCUT2D eigenvalue weighted by Crippen LogP contribution is 2.08. The van der Waals surface area contributed by atoms with Gasteiger partial charge in [-0.2, -0.15) is 11.8 Å². The Kier molecular flexibility index (Phi) is 8.07. The fraction of sp³-hybridized carbons (Fsp3) is 1.00.